The van der Waals surface area contributed by atoms with Gasteiger partial charge in [0.05, 0.1) is 0 Å². The maximum absolute atomic E-state index is 13.2. The van der Waals surface area contributed by atoms with Crippen molar-refractivity contribution in [3.05, 3.63) is 101 Å². The second-order valence-corrected chi connectivity index (χ2v) is 7.28. The first-order valence-corrected chi connectivity index (χ1v) is 9.63. The molecule has 0 bridgehead atoms. The van der Waals surface area contributed by atoms with Gasteiger partial charge in [-0.05, 0) is 59.7 Å². The Morgan fingerprint density at radius 3 is 1.76 bits per heavy atom. The van der Waals surface area contributed by atoms with Crippen molar-refractivity contribution in [1.82, 2.24) is 4.90 Å². The highest BCUT2D eigenvalue weighted by Crippen LogP contribution is 2.16. The van der Waals surface area contributed by atoms with Crippen LogP contribution in [0.4, 0.5) is 8.78 Å². The molecule has 0 spiro atoms. The zero-order valence-electron chi connectivity index (χ0n) is 15.8. The van der Waals surface area contributed by atoms with Crippen LogP contribution in [-0.4, -0.2) is 29.3 Å². The Labute approximate surface area is 174 Å². The van der Waals surface area contributed by atoms with Gasteiger partial charge in [-0.25, -0.2) is 8.78 Å². The van der Waals surface area contributed by atoms with Gasteiger partial charge in [-0.2, -0.15) is 0 Å². The quantitative estimate of drug-likeness (QED) is 0.528. The van der Waals surface area contributed by atoms with Crippen LogP contribution in [0.5, 0.6) is 5.75 Å². The van der Waals surface area contributed by atoms with Crippen LogP contribution >= 0.6 is 11.6 Å². The number of halogens is 3. The Morgan fingerprint density at radius 1 is 0.793 bits per heavy atom. The van der Waals surface area contributed by atoms with Gasteiger partial charge in [-0.15, -0.1) is 0 Å². The Balaban J connectivity index is 1.63. The van der Waals surface area contributed by atoms with Gasteiger partial charge in [0.25, 0.3) is 0 Å². The molecule has 0 unspecified atom stereocenters. The minimum Gasteiger partial charge on any atom is -0.491 e. The van der Waals surface area contributed by atoms with Crippen LogP contribution in [0.1, 0.15) is 11.1 Å². The summed E-state index contributed by atoms with van der Waals surface area (Å²) in [7, 11) is 0. The predicted molar refractivity (Wildman–Crippen MR) is 110 cm³/mol. The van der Waals surface area contributed by atoms with E-state index in [-0.39, 0.29) is 18.2 Å². The monoisotopic (exact) mass is 417 g/mol. The summed E-state index contributed by atoms with van der Waals surface area (Å²) in [4.78, 5) is 2.01. The van der Waals surface area contributed by atoms with E-state index in [9.17, 15) is 13.9 Å². The third-order valence-electron chi connectivity index (χ3n) is 4.36. The van der Waals surface area contributed by atoms with Gasteiger partial charge in [0, 0.05) is 24.7 Å². The summed E-state index contributed by atoms with van der Waals surface area (Å²) in [6.45, 7) is 1.47. The zero-order valence-corrected chi connectivity index (χ0v) is 16.5. The highest BCUT2D eigenvalue weighted by Gasteiger charge is 2.14. The number of hydrogen-bond donors (Lipinski definition) is 1. The van der Waals surface area contributed by atoms with E-state index in [0.29, 0.717) is 30.4 Å². The van der Waals surface area contributed by atoms with Gasteiger partial charge in [0.15, 0.2) is 0 Å². The number of rotatable bonds is 9. The summed E-state index contributed by atoms with van der Waals surface area (Å²) in [5.41, 5.74) is 1.83. The molecule has 3 aromatic rings. The summed E-state index contributed by atoms with van der Waals surface area (Å²) in [6.07, 6.45) is -0.744. The fraction of sp³-hybridized carbons (Fsp3) is 0.217. The molecule has 0 aliphatic rings. The van der Waals surface area contributed by atoms with E-state index < -0.39 is 6.10 Å². The van der Waals surface area contributed by atoms with Crippen molar-refractivity contribution < 1.29 is 18.6 Å². The number of nitrogens with zero attached hydrogens (tertiary/aromatic N) is 1. The third-order valence-corrected chi connectivity index (χ3v) is 4.62. The molecule has 0 saturated heterocycles. The fourth-order valence-electron chi connectivity index (χ4n) is 2.96. The van der Waals surface area contributed by atoms with Crippen molar-refractivity contribution >= 4 is 11.6 Å². The van der Waals surface area contributed by atoms with E-state index in [0.717, 1.165) is 11.1 Å². The van der Waals surface area contributed by atoms with Crippen LogP contribution in [-0.2, 0) is 13.1 Å². The van der Waals surface area contributed by atoms with Crippen molar-refractivity contribution in [2.75, 3.05) is 13.2 Å². The molecule has 0 aliphatic heterocycles. The molecule has 0 aliphatic carbocycles. The van der Waals surface area contributed by atoms with E-state index in [1.54, 1.807) is 48.5 Å². The smallest absolute Gasteiger partial charge is 0.123 e. The van der Waals surface area contributed by atoms with Crippen LogP contribution in [0, 0.1) is 11.6 Å². The summed E-state index contributed by atoms with van der Waals surface area (Å²) >= 11 is 5.86. The SMILES string of the molecule is O[C@H](COc1ccc(Cl)cc1)CN(Cc1ccc(F)cc1)Cc1ccc(F)cc1. The maximum Gasteiger partial charge on any atom is 0.123 e. The first-order chi connectivity index (χ1) is 14.0. The lowest BCUT2D eigenvalue weighted by molar-refractivity contribution is 0.0628. The van der Waals surface area contributed by atoms with Crippen LogP contribution in [0.15, 0.2) is 72.8 Å². The van der Waals surface area contributed by atoms with Crippen molar-refractivity contribution in [2.45, 2.75) is 19.2 Å². The summed E-state index contributed by atoms with van der Waals surface area (Å²) < 4.78 is 32.0. The largest absolute Gasteiger partial charge is 0.491 e. The van der Waals surface area contributed by atoms with Gasteiger partial charge in [0.1, 0.15) is 30.1 Å². The van der Waals surface area contributed by atoms with Gasteiger partial charge in [-0.1, -0.05) is 35.9 Å². The number of ether oxygens (including phenoxy) is 1. The number of benzene rings is 3. The second-order valence-electron chi connectivity index (χ2n) is 6.84. The third kappa shape index (κ3) is 7.13. The van der Waals surface area contributed by atoms with E-state index in [1.807, 2.05) is 4.90 Å². The molecule has 3 nitrogen and oxygen atoms in total. The number of hydrogen-bond acceptors (Lipinski definition) is 3. The van der Waals surface area contributed by atoms with Crippen LogP contribution in [0.2, 0.25) is 5.02 Å². The molecule has 3 rings (SSSR count). The molecule has 0 aromatic heterocycles. The molecule has 0 radical (unpaired) electrons. The van der Waals surface area contributed by atoms with Gasteiger partial charge in [0.2, 0.25) is 0 Å². The molecular weight excluding hydrogens is 396 g/mol. The molecule has 3 aromatic carbocycles. The number of aliphatic hydroxyl groups excluding tert-OH is 1. The molecule has 29 heavy (non-hydrogen) atoms. The summed E-state index contributed by atoms with van der Waals surface area (Å²) in [6, 6.07) is 19.4. The Kier molecular flexibility index (Phi) is 7.58. The van der Waals surface area contributed by atoms with Crippen LogP contribution < -0.4 is 4.74 Å². The summed E-state index contributed by atoms with van der Waals surface area (Å²) in [5, 5.41) is 11.1. The van der Waals surface area contributed by atoms with E-state index in [4.69, 9.17) is 16.3 Å². The minimum absolute atomic E-state index is 0.116. The summed E-state index contributed by atoms with van der Waals surface area (Å²) in [5.74, 6) is 0.0301. The molecular formula is C23H22ClF2NO2. The average Bonchev–Trinajstić information content (AvgIpc) is 2.71. The number of aliphatic hydroxyl groups is 1. The van der Waals surface area contributed by atoms with E-state index in [2.05, 4.69) is 0 Å². The Morgan fingerprint density at radius 2 is 1.28 bits per heavy atom. The Hall–Kier alpha value is -2.47. The lowest BCUT2D eigenvalue weighted by atomic mass is 10.1. The van der Waals surface area contributed by atoms with Crippen molar-refractivity contribution in [2.24, 2.45) is 0 Å². The van der Waals surface area contributed by atoms with Gasteiger partial charge < -0.3 is 9.84 Å². The molecule has 152 valence electrons. The maximum atomic E-state index is 13.2. The highest BCUT2D eigenvalue weighted by atomic mass is 35.5. The molecule has 0 heterocycles. The second kappa shape index (κ2) is 10.3. The average molecular weight is 418 g/mol. The highest BCUT2D eigenvalue weighted by molar-refractivity contribution is 6.30. The zero-order chi connectivity index (χ0) is 20.6. The molecule has 1 N–H and O–H groups in total. The topological polar surface area (TPSA) is 32.7 Å². The van der Waals surface area contributed by atoms with Gasteiger partial charge >= 0.3 is 0 Å². The van der Waals surface area contributed by atoms with E-state index in [1.165, 1.54) is 24.3 Å². The van der Waals surface area contributed by atoms with Crippen molar-refractivity contribution in [3.63, 3.8) is 0 Å². The standard InChI is InChI=1S/C23H22ClF2NO2/c24-19-5-11-23(12-6-19)29-16-22(28)15-27(13-17-1-7-20(25)8-2-17)14-18-3-9-21(26)10-4-18/h1-12,22,28H,13-16H2/t22-/m0/s1. The normalized spacial score (nSPS) is 12.2. The first kappa shape index (κ1) is 21.2. The lowest BCUT2D eigenvalue weighted by Gasteiger charge is -2.25. The molecule has 0 saturated carbocycles. The fourth-order valence-corrected chi connectivity index (χ4v) is 3.08. The minimum atomic E-state index is -0.744. The predicted octanol–water partition coefficient (Wildman–Crippen LogP) is 5.06. The lowest BCUT2D eigenvalue weighted by Crippen LogP contribution is -2.35. The Bertz CT molecular complexity index is 839. The molecule has 0 amide bonds. The van der Waals surface area contributed by atoms with Gasteiger partial charge in [-0.3, -0.25) is 4.90 Å². The van der Waals surface area contributed by atoms with Crippen molar-refractivity contribution in [1.29, 1.82) is 0 Å². The van der Waals surface area contributed by atoms with Crippen molar-refractivity contribution in [3.8, 4) is 5.75 Å². The first-order valence-electron chi connectivity index (χ1n) is 9.25. The van der Waals surface area contributed by atoms with Crippen LogP contribution in [0.3, 0.4) is 0 Å². The molecule has 0 fully saturated rings. The van der Waals surface area contributed by atoms with Crippen LogP contribution in [0.25, 0.3) is 0 Å². The molecule has 6 heteroatoms. The van der Waals surface area contributed by atoms with E-state index >= 15 is 0 Å². The molecule has 1 atom stereocenters.